The largest absolute Gasteiger partial charge is 0.497 e. The van der Waals surface area contributed by atoms with Crippen LogP contribution in [0.1, 0.15) is 33.1 Å². The first kappa shape index (κ1) is 20.1. The van der Waals surface area contributed by atoms with Crippen LogP contribution in [0.3, 0.4) is 0 Å². The molecule has 0 aliphatic carbocycles. The molecule has 3 rings (SSSR count). The van der Waals surface area contributed by atoms with E-state index in [0.29, 0.717) is 5.56 Å². The zero-order valence-corrected chi connectivity index (χ0v) is 16.4. The van der Waals surface area contributed by atoms with E-state index >= 15 is 0 Å². The summed E-state index contributed by atoms with van der Waals surface area (Å²) in [4.78, 5) is 24.6. The van der Waals surface area contributed by atoms with E-state index in [1.54, 1.807) is 19.2 Å². The monoisotopic (exact) mass is 389 g/mol. The first-order valence-corrected chi connectivity index (χ1v) is 9.29. The Morgan fingerprint density at radius 3 is 2.10 bits per heavy atom. The number of esters is 1. The summed E-state index contributed by atoms with van der Waals surface area (Å²) in [6, 6.07) is 23.7. The average Bonchev–Trinajstić information content (AvgIpc) is 2.77. The summed E-state index contributed by atoms with van der Waals surface area (Å²) in [5.74, 6) is -0.171. The Hall–Kier alpha value is -3.60. The third kappa shape index (κ3) is 5.45. The first-order valence-electron chi connectivity index (χ1n) is 9.29. The van der Waals surface area contributed by atoms with E-state index in [9.17, 15) is 9.59 Å². The molecular formula is C24H23NO4. The summed E-state index contributed by atoms with van der Waals surface area (Å²) in [5.41, 5.74) is 3.29. The highest BCUT2D eigenvalue weighted by Crippen LogP contribution is 2.24. The minimum absolute atomic E-state index is 0.355. The summed E-state index contributed by atoms with van der Waals surface area (Å²) in [6.07, 6.45) is 0. The van der Waals surface area contributed by atoms with Crippen LogP contribution in [0.25, 0.3) is 0 Å². The van der Waals surface area contributed by atoms with Crippen LogP contribution in [0.5, 0.6) is 5.75 Å². The average molecular weight is 389 g/mol. The van der Waals surface area contributed by atoms with Crippen LogP contribution in [0.2, 0.25) is 0 Å². The van der Waals surface area contributed by atoms with Crippen LogP contribution < -0.4 is 10.1 Å². The molecule has 5 nitrogen and oxygen atoms in total. The number of ether oxygens (including phenoxy) is 2. The minimum Gasteiger partial charge on any atom is -0.497 e. The van der Waals surface area contributed by atoms with Crippen LogP contribution in [0.4, 0.5) is 0 Å². The molecule has 3 aromatic carbocycles. The van der Waals surface area contributed by atoms with Gasteiger partial charge in [0.1, 0.15) is 5.75 Å². The SMILES string of the molecule is COc1ccc([C@H](NC(=O)COC(=O)c2ccc(C)cc2)c2ccccc2)cc1. The summed E-state index contributed by atoms with van der Waals surface area (Å²) >= 11 is 0. The second-order valence-corrected chi connectivity index (χ2v) is 6.63. The van der Waals surface area contributed by atoms with E-state index in [4.69, 9.17) is 9.47 Å². The molecule has 1 amide bonds. The molecule has 0 aliphatic rings. The topological polar surface area (TPSA) is 64.6 Å². The molecule has 0 aromatic heterocycles. The molecule has 0 spiro atoms. The number of methoxy groups -OCH3 is 1. The van der Waals surface area contributed by atoms with Crippen molar-refractivity contribution in [2.45, 2.75) is 13.0 Å². The van der Waals surface area contributed by atoms with Crippen molar-refractivity contribution in [3.05, 3.63) is 101 Å². The lowest BCUT2D eigenvalue weighted by molar-refractivity contribution is -0.124. The van der Waals surface area contributed by atoms with Crippen LogP contribution in [-0.2, 0) is 9.53 Å². The number of aryl methyl sites for hydroxylation is 1. The lowest BCUT2D eigenvalue weighted by atomic mass is 9.98. The summed E-state index contributed by atoms with van der Waals surface area (Å²) in [6.45, 7) is 1.58. The number of hydrogen-bond donors (Lipinski definition) is 1. The van der Waals surface area contributed by atoms with Crippen molar-refractivity contribution in [1.82, 2.24) is 5.32 Å². The van der Waals surface area contributed by atoms with Gasteiger partial charge in [0.2, 0.25) is 0 Å². The van der Waals surface area contributed by atoms with Crippen LogP contribution in [0, 0.1) is 6.92 Å². The Morgan fingerprint density at radius 2 is 1.48 bits per heavy atom. The molecule has 0 bridgehead atoms. The maximum absolute atomic E-state index is 12.5. The van der Waals surface area contributed by atoms with Crippen molar-refractivity contribution in [3.8, 4) is 5.75 Å². The van der Waals surface area contributed by atoms with Gasteiger partial charge in [-0.25, -0.2) is 4.79 Å². The number of amides is 1. The molecule has 0 unspecified atom stereocenters. The first-order chi connectivity index (χ1) is 14.1. The Balaban J connectivity index is 1.69. The molecule has 0 aliphatic heterocycles. The number of benzene rings is 3. The lowest BCUT2D eigenvalue weighted by Crippen LogP contribution is -2.33. The van der Waals surface area contributed by atoms with Gasteiger partial charge in [-0.1, -0.05) is 60.2 Å². The van der Waals surface area contributed by atoms with E-state index < -0.39 is 5.97 Å². The van der Waals surface area contributed by atoms with Gasteiger partial charge in [-0.15, -0.1) is 0 Å². The zero-order valence-electron chi connectivity index (χ0n) is 16.4. The molecule has 0 fully saturated rings. The summed E-state index contributed by atoms with van der Waals surface area (Å²) in [5, 5.41) is 2.95. The van der Waals surface area contributed by atoms with Gasteiger partial charge in [0.15, 0.2) is 6.61 Å². The van der Waals surface area contributed by atoms with E-state index in [2.05, 4.69) is 5.32 Å². The smallest absolute Gasteiger partial charge is 0.338 e. The van der Waals surface area contributed by atoms with Gasteiger partial charge in [0, 0.05) is 0 Å². The second kappa shape index (κ2) is 9.55. The molecular weight excluding hydrogens is 366 g/mol. The fraction of sp³-hybridized carbons (Fsp3) is 0.167. The molecule has 0 radical (unpaired) electrons. The van der Waals surface area contributed by atoms with Gasteiger partial charge < -0.3 is 14.8 Å². The number of carbonyl (C=O) groups excluding carboxylic acids is 2. The van der Waals surface area contributed by atoms with Gasteiger partial charge in [-0.3, -0.25) is 4.79 Å². The molecule has 1 N–H and O–H groups in total. The van der Waals surface area contributed by atoms with Crippen LogP contribution in [0.15, 0.2) is 78.9 Å². The number of rotatable bonds is 7. The van der Waals surface area contributed by atoms with Gasteiger partial charge in [0.25, 0.3) is 5.91 Å². The van der Waals surface area contributed by atoms with Crippen molar-refractivity contribution in [2.75, 3.05) is 13.7 Å². The fourth-order valence-electron chi connectivity index (χ4n) is 2.91. The Bertz CT molecular complexity index is 950. The Kier molecular flexibility index (Phi) is 6.63. The molecule has 0 heterocycles. The Labute approximate surface area is 170 Å². The van der Waals surface area contributed by atoms with Crippen molar-refractivity contribution < 1.29 is 19.1 Å². The quantitative estimate of drug-likeness (QED) is 0.619. The number of nitrogens with one attached hydrogen (secondary N) is 1. The maximum Gasteiger partial charge on any atom is 0.338 e. The highest BCUT2D eigenvalue weighted by atomic mass is 16.5. The molecule has 148 valence electrons. The Morgan fingerprint density at radius 1 is 0.862 bits per heavy atom. The molecule has 29 heavy (non-hydrogen) atoms. The second-order valence-electron chi connectivity index (χ2n) is 6.63. The van der Waals surface area contributed by atoms with Gasteiger partial charge >= 0.3 is 5.97 Å². The number of hydrogen-bond acceptors (Lipinski definition) is 4. The molecule has 5 heteroatoms. The van der Waals surface area contributed by atoms with Crippen LogP contribution in [-0.4, -0.2) is 25.6 Å². The minimum atomic E-state index is -0.527. The van der Waals surface area contributed by atoms with Gasteiger partial charge in [-0.05, 0) is 42.3 Å². The number of carbonyl (C=O) groups is 2. The molecule has 1 atom stereocenters. The van der Waals surface area contributed by atoms with Gasteiger partial charge in [-0.2, -0.15) is 0 Å². The van der Waals surface area contributed by atoms with E-state index in [0.717, 1.165) is 22.4 Å². The molecule has 0 saturated carbocycles. The van der Waals surface area contributed by atoms with Crippen LogP contribution >= 0.6 is 0 Å². The highest BCUT2D eigenvalue weighted by molar-refractivity contribution is 5.91. The summed E-state index contributed by atoms with van der Waals surface area (Å²) < 4.78 is 10.4. The third-order valence-corrected chi connectivity index (χ3v) is 4.51. The molecule has 0 saturated heterocycles. The predicted octanol–water partition coefficient (Wildman–Crippen LogP) is 4.07. The van der Waals surface area contributed by atoms with E-state index in [-0.39, 0.29) is 18.6 Å². The van der Waals surface area contributed by atoms with Gasteiger partial charge in [0.05, 0.1) is 18.7 Å². The van der Waals surface area contributed by atoms with E-state index in [1.165, 1.54) is 0 Å². The lowest BCUT2D eigenvalue weighted by Gasteiger charge is -2.20. The van der Waals surface area contributed by atoms with Crippen molar-refractivity contribution in [3.63, 3.8) is 0 Å². The van der Waals surface area contributed by atoms with E-state index in [1.807, 2.05) is 73.7 Å². The summed E-state index contributed by atoms with van der Waals surface area (Å²) in [7, 11) is 1.61. The predicted molar refractivity (Wildman–Crippen MR) is 111 cm³/mol. The van der Waals surface area contributed by atoms with Crippen molar-refractivity contribution >= 4 is 11.9 Å². The van der Waals surface area contributed by atoms with Crippen molar-refractivity contribution in [1.29, 1.82) is 0 Å². The normalized spacial score (nSPS) is 11.4. The third-order valence-electron chi connectivity index (χ3n) is 4.51. The molecule has 3 aromatic rings. The zero-order chi connectivity index (χ0) is 20.6. The maximum atomic E-state index is 12.5. The highest BCUT2D eigenvalue weighted by Gasteiger charge is 2.18. The fourth-order valence-corrected chi connectivity index (χ4v) is 2.91. The standard InChI is InChI=1S/C24H23NO4/c1-17-8-10-20(11-9-17)24(27)29-16-22(26)25-23(18-6-4-3-5-7-18)19-12-14-21(28-2)15-13-19/h3-15,23H,16H2,1-2H3,(H,25,26)/t23-/m1/s1. The van der Waals surface area contributed by atoms with Crippen molar-refractivity contribution in [2.24, 2.45) is 0 Å².